The number of nitrogens with zero attached hydrogens (tertiary/aromatic N) is 1. The van der Waals surface area contributed by atoms with E-state index >= 15 is 0 Å². The number of ether oxygens (including phenoxy) is 2. The molecule has 0 aromatic rings. The first-order valence-corrected chi connectivity index (χ1v) is 8.62. The average Bonchev–Trinajstić information content (AvgIpc) is 2.36. The van der Waals surface area contributed by atoms with Gasteiger partial charge in [-0.05, 0) is 59.9 Å². The fraction of sp³-hybridized carbons (Fsp3) is 1.00. The molecule has 1 N–H and O–H groups in total. The number of hydrogen-bond donors (Lipinski definition) is 1. The van der Waals surface area contributed by atoms with Crippen LogP contribution in [-0.2, 0) is 9.47 Å². The van der Waals surface area contributed by atoms with E-state index in [0.717, 1.165) is 52.0 Å². The van der Waals surface area contributed by atoms with E-state index in [-0.39, 0.29) is 5.54 Å². The Bertz CT molecular complexity index is 256. The molecule has 0 amide bonds. The van der Waals surface area contributed by atoms with Crippen molar-refractivity contribution in [2.75, 3.05) is 46.1 Å². The maximum absolute atomic E-state index is 5.54. The largest absolute Gasteiger partial charge is 0.380 e. The van der Waals surface area contributed by atoms with Gasteiger partial charge in [0.1, 0.15) is 0 Å². The van der Waals surface area contributed by atoms with Crippen LogP contribution in [0.25, 0.3) is 0 Å². The highest BCUT2D eigenvalue weighted by Crippen LogP contribution is 2.32. The Morgan fingerprint density at radius 3 is 1.95 bits per heavy atom. The third-order valence-corrected chi connectivity index (χ3v) is 4.19. The Labute approximate surface area is 131 Å². The number of rotatable bonds is 11. The normalized spacial score (nSPS) is 22.6. The van der Waals surface area contributed by atoms with E-state index < -0.39 is 0 Å². The fourth-order valence-corrected chi connectivity index (χ4v) is 2.80. The Kier molecular flexibility index (Phi) is 8.79. The summed E-state index contributed by atoms with van der Waals surface area (Å²) in [5.41, 5.74) is 0.210. The van der Waals surface area contributed by atoms with Gasteiger partial charge in [-0.15, -0.1) is 0 Å². The summed E-state index contributed by atoms with van der Waals surface area (Å²) < 4.78 is 11.1. The van der Waals surface area contributed by atoms with E-state index in [9.17, 15) is 0 Å². The molecule has 126 valence electrons. The van der Waals surface area contributed by atoms with Gasteiger partial charge in [0, 0.05) is 37.9 Å². The molecule has 4 heteroatoms. The molecular formula is C17H36N2O2. The molecule has 1 saturated carbocycles. The monoisotopic (exact) mass is 300 g/mol. The minimum absolute atomic E-state index is 0.210. The molecule has 0 bridgehead atoms. The summed E-state index contributed by atoms with van der Waals surface area (Å²) in [6, 6.07) is 0.695. The van der Waals surface area contributed by atoms with E-state index in [1.165, 1.54) is 12.8 Å². The van der Waals surface area contributed by atoms with Gasteiger partial charge in [0.2, 0.25) is 0 Å². The van der Waals surface area contributed by atoms with Crippen LogP contribution in [0.3, 0.4) is 0 Å². The van der Waals surface area contributed by atoms with Crippen LogP contribution in [0.15, 0.2) is 0 Å². The molecule has 2 unspecified atom stereocenters. The van der Waals surface area contributed by atoms with E-state index in [1.54, 1.807) is 0 Å². The lowest BCUT2D eigenvalue weighted by Crippen LogP contribution is -2.54. The minimum Gasteiger partial charge on any atom is -0.380 e. The van der Waals surface area contributed by atoms with Crippen LogP contribution in [0.2, 0.25) is 0 Å². The molecule has 4 nitrogen and oxygen atoms in total. The maximum atomic E-state index is 5.54. The molecule has 0 spiro atoms. The minimum atomic E-state index is 0.210. The third-order valence-electron chi connectivity index (χ3n) is 4.19. The number of nitrogens with one attached hydrogen (secondary N) is 1. The second kappa shape index (κ2) is 9.78. The average molecular weight is 300 g/mol. The van der Waals surface area contributed by atoms with Gasteiger partial charge in [-0.25, -0.2) is 0 Å². The van der Waals surface area contributed by atoms with Gasteiger partial charge in [0.25, 0.3) is 0 Å². The molecule has 1 aliphatic rings. The lowest BCUT2D eigenvalue weighted by molar-refractivity contribution is 0.0103. The molecule has 2 atom stereocenters. The summed E-state index contributed by atoms with van der Waals surface area (Å²) in [6.07, 6.45) is 2.66. The molecule has 0 aromatic carbocycles. The van der Waals surface area contributed by atoms with Crippen molar-refractivity contribution in [3.05, 3.63) is 0 Å². The maximum Gasteiger partial charge on any atom is 0.0593 e. The zero-order valence-electron chi connectivity index (χ0n) is 14.8. The summed E-state index contributed by atoms with van der Waals surface area (Å²) in [7, 11) is 0. The quantitative estimate of drug-likeness (QED) is 0.595. The lowest BCUT2D eigenvalue weighted by atomic mass is 9.78. The second-order valence-electron chi connectivity index (χ2n) is 6.97. The molecule has 1 aliphatic carbocycles. The van der Waals surface area contributed by atoms with Gasteiger partial charge < -0.3 is 14.8 Å². The van der Waals surface area contributed by atoms with Gasteiger partial charge in [-0.2, -0.15) is 0 Å². The van der Waals surface area contributed by atoms with Crippen LogP contribution < -0.4 is 5.32 Å². The summed E-state index contributed by atoms with van der Waals surface area (Å²) in [5, 5.41) is 3.65. The van der Waals surface area contributed by atoms with Gasteiger partial charge in [-0.1, -0.05) is 0 Å². The van der Waals surface area contributed by atoms with Gasteiger partial charge in [-0.3, -0.25) is 4.90 Å². The molecule has 0 aromatic heterocycles. The van der Waals surface area contributed by atoms with E-state index in [1.807, 2.05) is 0 Å². The SMILES string of the molecule is CCOCCN(CCOCC)C1CCC1CNC(C)(C)C. The van der Waals surface area contributed by atoms with Crippen molar-refractivity contribution in [3.8, 4) is 0 Å². The van der Waals surface area contributed by atoms with Crippen molar-refractivity contribution in [1.29, 1.82) is 0 Å². The standard InChI is InChI=1S/C17H36N2O2/c1-6-20-12-10-19(11-13-21-7-2)16-9-8-15(16)14-18-17(3,4)5/h15-16,18H,6-14H2,1-5H3. The molecule has 0 saturated heterocycles. The second-order valence-corrected chi connectivity index (χ2v) is 6.97. The lowest BCUT2D eigenvalue weighted by Gasteiger charge is -2.45. The predicted octanol–water partition coefficient (Wildman–Crippen LogP) is 2.53. The van der Waals surface area contributed by atoms with Gasteiger partial charge in [0.15, 0.2) is 0 Å². The summed E-state index contributed by atoms with van der Waals surface area (Å²) in [6.45, 7) is 17.3. The van der Waals surface area contributed by atoms with Crippen molar-refractivity contribution in [3.63, 3.8) is 0 Å². The molecule has 0 aliphatic heterocycles. The van der Waals surface area contributed by atoms with Gasteiger partial charge in [0.05, 0.1) is 13.2 Å². The Hall–Kier alpha value is -0.160. The molecule has 21 heavy (non-hydrogen) atoms. The van der Waals surface area contributed by atoms with Crippen LogP contribution in [0.5, 0.6) is 0 Å². The van der Waals surface area contributed by atoms with Crippen molar-refractivity contribution in [1.82, 2.24) is 10.2 Å². The zero-order valence-corrected chi connectivity index (χ0v) is 14.8. The van der Waals surface area contributed by atoms with E-state index in [2.05, 4.69) is 44.8 Å². The topological polar surface area (TPSA) is 33.7 Å². The number of hydrogen-bond acceptors (Lipinski definition) is 4. The van der Waals surface area contributed by atoms with Crippen LogP contribution in [0, 0.1) is 5.92 Å². The van der Waals surface area contributed by atoms with Crippen LogP contribution >= 0.6 is 0 Å². The summed E-state index contributed by atoms with van der Waals surface area (Å²) in [5.74, 6) is 0.771. The summed E-state index contributed by atoms with van der Waals surface area (Å²) >= 11 is 0. The first-order chi connectivity index (χ1) is 9.98. The fourth-order valence-electron chi connectivity index (χ4n) is 2.80. The predicted molar refractivity (Wildman–Crippen MR) is 88.8 cm³/mol. The van der Waals surface area contributed by atoms with Crippen LogP contribution in [0.1, 0.15) is 47.5 Å². The molecule has 0 heterocycles. The van der Waals surface area contributed by atoms with Crippen LogP contribution in [-0.4, -0.2) is 62.5 Å². The third kappa shape index (κ3) is 7.59. The van der Waals surface area contributed by atoms with Crippen molar-refractivity contribution in [2.24, 2.45) is 5.92 Å². The van der Waals surface area contributed by atoms with Crippen molar-refractivity contribution >= 4 is 0 Å². The van der Waals surface area contributed by atoms with Crippen molar-refractivity contribution < 1.29 is 9.47 Å². The molecule has 1 fully saturated rings. The highest BCUT2D eigenvalue weighted by atomic mass is 16.5. The molecular weight excluding hydrogens is 264 g/mol. The van der Waals surface area contributed by atoms with Crippen molar-refractivity contribution in [2.45, 2.75) is 59.0 Å². The van der Waals surface area contributed by atoms with E-state index in [4.69, 9.17) is 9.47 Å². The first kappa shape index (κ1) is 18.9. The smallest absolute Gasteiger partial charge is 0.0593 e. The Balaban J connectivity index is 2.40. The van der Waals surface area contributed by atoms with E-state index in [0.29, 0.717) is 6.04 Å². The zero-order chi connectivity index (χ0) is 15.7. The Morgan fingerprint density at radius 1 is 1.00 bits per heavy atom. The highest BCUT2D eigenvalue weighted by Gasteiger charge is 2.35. The molecule has 0 radical (unpaired) electrons. The van der Waals surface area contributed by atoms with Crippen LogP contribution in [0.4, 0.5) is 0 Å². The molecule has 1 rings (SSSR count). The first-order valence-electron chi connectivity index (χ1n) is 8.62. The summed E-state index contributed by atoms with van der Waals surface area (Å²) in [4.78, 5) is 2.57. The Morgan fingerprint density at radius 2 is 1.57 bits per heavy atom. The highest BCUT2D eigenvalue weighted by molar-refractivity contribution is 4.91. The van der Waals surface area contributed by atoms with Gasteiger partial charge >= 0.3 is 0 Å².